The minimum absolute atomic E-state index is 0.0755. The first-order valence-corrected chi connectivity index (χ1v) is 6.84. The molecule has 1 heterocycles. The van der Waals surface area contributed by atoms with Gasteiger partial charge >= 0.3 is 0 Å². The Balaban J connectivity index is 1.87. The third-order valence-electron chi connectivity index (χ3n) is 2.56. The van der Waals surface area contributed by atoms with Crippen molar-refractivity contribution in [2.24, 2.45) is 5.92 Å². The summed E-state index contributed by atoms with van der Waals surface area (Å²) in [7, 11) is -1.47. The van der Waals surface area contributed by atoms with Crippen LogP contribution in [-0.2, 0) is 15.6 Å². The monoisotopic (exact) mass is 253 g/mol. The molecule has 92 valence electrons. The third-order valence-corrected chi connectivity index (χ3v) is 3.86. The van der Waals surface area contributed by atoms with Crippen molar-refractivity contribution in [3.8, 4) is 0 Å². The number of rotatable bonds is 5. The lowest BCUT2D eigenvalue weighted by Gasteiger charge is -2.05. The highest BCUT2D eigenvalue weighted by molar-refractivity contribution is 7.85. The van der Waals surface area contributed by atoms with Gasteiger partial charge in [0.1, 0.15) is 5.75 Å². The highest BCUT2D eigenvalue weighted by Gasteiger charge is 2.22. The molecule has 1 fully saturated rings. The highest BCUT2D eigenvalue weighted by Crippen LogP contribution is 2.27. The number of hydrogen-bond acceptors (Lipinski definition) is 4. The predicted molar refractivity (Wildman–Crippen MR) is 65.7 cm³/mol. The number of nitrogens with one attached hydrogen (secondary N) is 1. The zero-order chi connectivity index (χ0) is 12.3. The molecule has 1 unspecified atom stereocenters. The summed E-state index contributed by atoms with van der Waals surface area (Å²) in [6.45, 7) is 0.688. The molecule has 0 aromatic carbocycles. The van der Waals surface area contributed by atoms with Crippen LogP contribution in [0.2, 0.25) is 0 Å². The number of nitrogens with zero attached hydrogens (tertiary/aromatic N) is 1. The number of carbonyl (C=O) groups is 1. The Morgan fingerprint density at radius 2 is 2.35 bits per heavy atom. The summed E-state index contributed by atoms with van der Waals surface area (Å²) in [5.41, 5.74) is 6.00. The lowest BCUT2D eigenvalue weighted by molar-refractivity contribution is -0.118. The van der Waals surface area contributed by atoms with Crippen LogP contribution in [-0.4, -0.2) is 27.4 Å². The Bertz CT molecular complexity index is 446. The Morgan fingerprint density at radius 1 is 1.59 bits per heavy atom. The van der Waals surface area contributed by atoms with Crippen LogP contribution >= 0.6 is 0 Å². The van der Waals surface area contributed by atoms with Crippen molar-refractivity contribution in [1.82, 2.24) is 10.3 Å². The Kier molecular flexibility index (Phi) is 3.73. The van der Waals surface area contributed by atoms with E-state index in [2.05, 4.69) is 10.3 Å². The van der Waals surface area contributed by atoms with Gasteiger partial charge in [0, 0.05) is 12.7 Å². The molecule has 1 atom stereocenters. The standard InChI is InChI=1S/C11H15N3O2S/c12-9-2-1-5-13-11(9)17(16)7-10(15)14-6-8-3-4-8/h1-2,5,8H,3-4,6-7,12H2,(H,14,15). The Hall–Kier alpha value is -1.43. The lowest BCUT2D eigenvalue weighted by Crippen LogP contribution is -2.30. The van der Waals surface area contributed by atoms with E-state index in [9.17, 15) is 9.00 Å². The van der Waals surface area contributed by atoms with Crippen LogP contribution in [0.3, 0.4) is 0 Å². The minimum Gasteiger partial charge on any atom is -0.396 e. The summed E-state index contributed by atoms with van der Waals surface area (Å²) in [5.74, 6) is 0.334. The fourth-order valence-electron chi connectivity index (χ4n) is 1.41. The van der Waals surface area contributed by atoms with Crippen molar-refractivity contribution in [2.45, 2.75) is 17.9 Å². The van der Waals surface area contributed by atoms with E-state index in [1.165, 1.54) is 19.0 Å². The van der Waals surface area contributed by atoms with E-state index in [4.69, 9.17) is 5.73 Å². The van der Waals surface area contributed by atoms with Gasteiger partial charge in [-0.2, -0.15) is 0 Å². The van der Waals surface area contributed by atoms with Gasteiger partial charge in [-0.3, -0.25) is 9.00 Å². The number of hydrogen-bond donors (Lipinski definition) is 2. The van der Waals surface area contributed by atoms with Crippen LogP contribution in [0.15, 0.2) is 23.4 Å². The molecule has 2 rings (SSSR count). The number of pyridine rings is 1. The molecule has 1 aliphatic carbocycles. The van der Waals surface area contributed by atoms with Gasteiger partial charge in [0.15, 0.2) is 5.03 Å². The maximum Gasteiger partial charge on any atom is 0.233 e. The van der Waals surface area contributed by atoms with Gasteiger partial charge in [-0.05, 0) is 30.9 Å². The molecule has 3 N–H and O–H groups in total. The van der Waals surface area contributed by atoms with E-state index in [0.29, 0.717) is 18.2 Å². The minimum atomic E-state index is -1.47. The predicted octanol–water partition coefficient (Wildman–Crippen LogP) is 0.298. The molecule has 1 aromatic heterocycles. The maximum atomic E-state index is 11.8. The quantitative estimate of drug-likeness (QED) is 0.790. The fraction of sp³-hybridized carbons (Fsp3) is 0.455. The molecule has 0 radical (unpaired) electrons. The Morgan fingerprint density at radius 3 is 3.00 bits per heavy atom. The summed E-state index contributed by atoms with van der Waals surface area (Å²) < 4.78 is 11.8. The summed E-state index contributed by atoms with van der Waals surface area (Å²) in [6.07, 6.45) is 3.87. The second-order valence-corrected chi connectivity index (χ2v) is 5.50. The van der Waals surface area contributed by atoms with Gasteiger partial charge in [-0.15, -0.1) is 0 Å². The van der Waals surface area contributed by atoms with Gasteiger partial charge in [0.25, 0.3) is 0 Å². The number of nitrogens with two attached hydrogens (primary N) is 1. The van der Waals surface area contributed by atoms with Crippen LogP contribution in [0.4, 0.5) is 5.69 Å². The van der Waals surface area contributed by atoms with Crippen LogP contribution < -0.4 is 11.1 Å². The molecule has 17 heavy (non-hydrogen) atoms. The van der Waals surface area contributed by atoms with Crippen molar-refractivity contribution >= 4 is 22.4 Å². The summed E-state index contributed by atoms with van der Waals surface area (Å²) in [6, 6.07) is 3.30. The van der Waals surface area contributed by atoms with E-state index in [1.54, 1.807) is 12.1 Å². The van der Waals surface area contributed by atoms with E-state index in [-0.39, 0.29) is 16.7 Å². The molecule has 0 spiro atoms. The molecule has 1 amide bonds. The highest BCUT2D eigenvalue weighted by atomic mass is 32.2. The van der Waals surface area contributed by atoms with Gasteiger partial charge in [0.05, 0.1) is 16.5 Å². The van der Waals surface area contributed by atoms with Gasteiger partial charge < -0.3 is 11.1 Å². The molecular weight excluding hydrogens is 238 g/mol. The molecule has 6 heteroatoms. The molecule has 1 aromatic rings. The van der Waals surface area contributed by atoms with E-state index >= 15 is 0 Å². The SMILES string of the molecule is Nc1cccnc1S(=O)CC(=O)NCC1CC1. The van der Waals surface area contributed by atoms with Crippen molar-refractivity contribution in [3.63, 3.8) is 0 Å². The molecular formula is C11H15N3O2S. The smallest absolute Gasteiger partial charge is 0.233 e. The molecule has 0 saturated heterocycles. The second kappa shape index (κ2) is 5.27. The lowest BCUT2D eigenvalue weighted by atomic mass is 10.4. The number of aromatic nitrogens is 1. The molecule has 5 nitrogen and oxygen atoms in total. The normalized spacial score (nSPS) is 16.5. The van der Waals surface area contributed by atoms with Crippen molar-refractivity contribution < 1.29 is 9.00 Å². The number of carbonyl (C=O) groups excluding carboxylic acids is 1. The average Bonchev–Trinajstić information content (AvgIpc) is 3.10. The van der Waals surface area contributed by atoms with Crippen LogP contribution in [0, 0.1) is 5.92 Å². The van der Waals surface area contributed by atoms with Crippen LogP contribution in [0.1, 0.15) is 12.8 Å². The van der Waals surface area contributed by atoms with Crippen molar-refractivity contribution in [2.75, 3.05) is 18.0 Å². The topological polar surface area (TPSA) is 85.1 Å². The molecule has 0 bridgehead atoms. The molecule has 1 saturated carbocycles. The first kappa shape index (κ1) is 12.0. The zero-order valence-corrected chi connectivity index (χ0v) is 10.2. The fourth-order valence-corrected chi connectivity index (χ4v) is 2.40. The largest absolute Gasteiger partial charge is 0.396 e. The molecule has 0 aliphatic heterocycles. The number of amides is 1. The number of nitrogen functional groups attached to an aromatic ring is 1. The van der Waals surface area contributed by atoms with Gasteiger partial charge in [0.2, 0.25) is 5.91 Å². The van der Waals surface area contributed by atoms with E-state index in [1.807, 2.05) is 0 Å². The summed E-state index contributed by atoms with van der Waals surface area (Å²) in [5, 5.41) is 3.05. The molecule has 1 aliphatic rings. The zero-order valence-electron chi connectivity index (χ0n) is 9.39. The maximum absolute atomic E-state index is 11.8. The van der Waals surface area contributed by atoms with Gasteiger partial charge in [-0.25, -0.2) is 4.98 Å². The second-order valence-electron chi connectivity index (χ2n) is 4.14. The summed E-state index contributed by atoms with van der Waals surface area (Å²) >= 11 is 0. The van der Waals surface area contributed by atoms with Crippen LogP contribution in [0.5, 0.6) is 0 Å². The van der Waals surface area contributed by atoms with E-state index < -0.39 is 10.8 Å². The number of anilines is 1. The average molecular weight is 253 g/mol. The van der Waals surface area contributed by atoms with E-state index in [0.717, 1.165) is 0 Å². The first-order valence-electron chi connectivity index (χ1n) is 5.52. The van der Waals surface area contributed by atoms with Crippen molar-refractivity contribution in [3.05, 3.63) is 18.3 Å². The Labute approximate surface area is 102 Å². The van der Waals surface area contributed by atoms with Gasteiger partial charge in [-0.1, -0.05) is 0 Å². The van der Waals surface area contributed by atoms with Crippen LogP contribution in [0.25, 0.3) is 0 Å². The van der Waals surface area contributed by atoms with Crippen molar-refractivity contribution in [1.29, 1.82) is 0 Å². The first-order chi connectivity index (χ1) is 8.16. The summed E-state index contributed by atoms with van der Waals surface area (Å²) in [4.78, 5) is 15.4. The third kappa shape index (κ3) is 3.52.